The van der Waals surface area contributed by atoms with E-state index in [0.29, 0.717) is 17.4 Å². The Hall–Kier alpha value is -0.870. The lowest BCUT2D eigenvalue weighted by Crippen LogP contribution is -1.99. The maximum absolute atomic E-state index is 10.8. The smallest absolute Gasteiger partial charge is 0.345 e. The van der Waals surface area contributed by atoms with Crippen molar-refractivity contribution in [3.63, 3.8) is 0 Å². The summed E-state index contributed by atoms with van der Waals surface area (Å²) in [6, 6.07) is 1.71. The second-order valence-electron chi connectivity index (χ2n) is 4.23. The normalized spacial score (nSPS) is 11.0. The number of carbonyl (C=O) groups is 1. The minimum absolute atomic E-state index is 0.389. The van der Waals surface area contributed by atoms with Gasteiger partial charge in [0.25, 0.3) is 0 Å². The molecule has 4 heteroatoms. The molecule has 3 nitrogen and oxygen atoms in total. The zero-order chi connectivity index (χ0) is 12.1. The summed E-state index contributed by atoms with van der Waals surface area (Å²) in [5, 5.41) is 8.84. The van der Waals surface area contributed by atoms with Gasteiger partial charge in [0.15, 0.2) is 0 Å². The van der Waals surface area contributed by atoms with Crippen molar-refractivity contribution in [3.8, 4) is 0 Å². The van der Waals surface area contributed by atoms with Gasteiger partial charge in [0.1, 0.15) is 4.88 Å². The molecule has 0 radical (unpaired) electrons. The van der Waals surface area contributed by atoms with Gasteiger partial charge in [-0.2, -0.15) is 0 Å². The predicted molar refractivity (Wildman–Crippen MR) is 65.1 cm³/mol. The first-order valence-corrected chi connectivity index (χ1v) is 6.22. The Morgan fingerprint density at radius 2 is 2.25 bits per heavy atom. The Morgan fingerprint density at radius 3 is 2.75 bits per heavy atom. The van der Waals surface area contributed by atoms with E-state index in [2.05, 4.69) is 13.8 Å². The molecule has 0 aliphatic carbocycles. The van der Waals surface area contributed by atoms with Gasteiger partial charge < -0.3 is 9.84 Å². The first-order chi connectivity index (χ1) is 7.50. The lowest BCUT2D eigenvalue weighted by Gasteiger charge is -2.05. The predicted octanol–water partition coefficient (Wildman–Crippen LogP) is 3.32. The van der Waals surface area contributed by atoms with Crippen molar-refractivity contribution in [2.75, 3.05) is 6.61 Å². The number of thiophene rings is 1. The summed E-state index contributed by atoms with van der Waals surface area (Å²) in [7, 11) is 0. The maximum Gasteiger partial charge on any atom is 0.345 e. The van der Waals surface area contributed by atoms with Gasteiger partial charge in [-0.05, 0) is 30.9 Å². The molecule has 0 fully saturated rings. The molecular weight excluding hydrogens is 224 g/mol. The average molecular weight is 242 g/mol. The van der Waals surface area contributed by atoms with Crippen LogP contribution in [0.3, 0.4) is 0 Å². The molecule has 0 atom stereocenters. The number of rotatable bonds is 6. The van der Waals surface area contributed by atoms with Crippen LogP contribution in [0.2, 0.25) is 0 Å². The Morgan fingerprint density at radius 1 is 1.56 bits per heavy atom. The van der Waals surface area contributed by atoms with Crippen LogP contribution in [0, 0.1) is 12.8 Å². The number of carboxylic acids is 1. The molecule has 1 heterocycles. The second kappa shape index (κ2) is 6.01. The largest absolute Gasteiger partial charge is 0.477 e. The van der Waals surface area contributed by atoms with Gasteiger partial charge in [-0.1, -0.05) is 13.8 Å². The molecule has 0 unspecified atom stereocenters. The highest BCUT2D eigenvalue weighted by atomic mass is 32.1. The average Bonchev–Trinajstić information content (AvgIpc) is 2.55. The molecule has 0 aliphatic rings. The zero-order valence-corrected chi connectivity index (χ0v) is 10.8. The molecule has 1 N–H and O–H groups in total. The fraction of sp³-hybridized carbons (Fsp3) is 0.583. The SMILES string of the molecule is Cc1sc(C(=O)O)cc1COCCC(C)C. The van der Waals surface area contributed by atoms with E-state index in [0.717, 1.165) is 23.5 Å². The van der Waals surface area contributed by atoms with Crippen molar-refractivity contribution in [1.82, 2.24) is 0 Å². The first kappa shape index (κ1) is 13.2. The molecule has 16 heavy (non-hydrogen) atoms. The summed E-state index contributed by atoms with van der Waals surface area (Å²) in [6.45, 7) is 7.49. The number of hydrogen-bond donors (Lipinski definition) is 1. The summed E-state index contributed by atoms with van der Waals surface area (Å²) in [4.78, 5) is 12.2. The van der Waals surface area contributed by atoms with Crippen LogP contribution in [-0.2, 0) is 11.3 Å². The number of aromatic carboxylic acids is 1. The van der Waals surface area contributed by atoms with E-state index in [1.807, 2.05) is 6.92 Å². The van der Waals surface area contributed by atoms with Gasteiger partial charge in [0.2, 0.25) is 0 Å². The molecule has 1 rings (SSSR count). The highest BCUT2D eigenvalue weighted by Crippen LogP contribution is 2.22. The summed E-state index contributed by atoms with van der Waals surface area (Å²) in [5.41, 5.74) is 0.992. The third-order valence-electron chi connectivity index (χ3n) is 2.33. The van der Waals surface area contributed by atoms with Crippen LogP contribution in [-0.4, -0.2) is 17.7 Å². The Bertz CT molecular complexity index is 355. The Kier molecular flexibility index (Phi) is 4.96. The minimum atomic E-state index is -0.860. The molecule has 90 valence electrons. The molecule has 0 aliphatic heterocycles. The maximum atomic E-state index is 10.8. The summed E-state index contributed by atoms with van der Waals surface area (Å²) < 4.78 is 5.52. The third-order valence-corrected chi connectivity index (χ3v) is 3.41. The topological polar surface area (TPSA) is 46.5 Å². The van der Waals surface area contributed by atoms with E-state index < -0.39 is 5.97 Å². The van der Waals surface area contributed by atoms with Gasteiger partial charge in [-0.3, -0.25) is 0 Å². The Balaban J connectivity index is 2.45. The third kappa shape index (κ3) is 3.94. The number of carboxylic acid groups (broad SMARTS) is 1. The monoisotopic (exact) mass is 242 g/mol. The Labute approximate surface area is 100 Å². The molecule has 0 saturated heterocycles. The van der Waals surface area contributed by atoms with E-state index in [-0.39, 0.29) is 0 Å². The summed E-state index contributed by atoms with van der Waals surface area (Å²) >= 11 is 1.31. The van der Waals surface area contributed by atoms with Crippen molar-refractivity contribution < 1.29 is 14.6 Å². The van der Waals surface area contributed by atoms with E-state index in [1.54, 1.807) is 6.07 Å². The fourth-order valence-electron chi connectivity index (χ4n) is 1.27. The van der Waals surface area contributed by atoms with Crippen LogP contribution in [0.5, 0.6) is 0 Å². The molecule has 0 saturated carbocycles. The molecular formula is C12H18O3S. The van der Waals surface area contributed by atoms with Crippen molar-refractivity contribution in [2.24, 2.45) is 5.92 Å². The first-order valence-electron chi connectivity index (χ1n) is 5.41. The quantitative estimate of drug-likeness (QED) is 0.778. The van der Waals surface area contributed by atoms with Gasteiger partial charge >= 0.3 is 5.97 Å². The lowest BCUT2D eigenvalue weighted by molar-refractivity contribution is 0.0702. The van der Waals surface area contributed by atoms with Crippen LogP contribution in [0.4, 0.5) is 0 Å². The number of aryl methyl sites for hydroxylation is 1. The molecule has 0 aromatic carbocycles. The van der Waals surface area contributed by atoms with Gasteiger partial charge in [0.05, 0.1) is 6.61 Å². The van der Waals surface area contributed by atoms with Crippen molar-refractivity contribution in [3.05, 3.63) is 21.4 Å². The molecule has 0 spiro atoms. The second-order valence-corrected chi connectivity index (χ2v) is 5.49. The molecule has 0 bridgehead atoms. The summed E-state index contributed by atoms with van der Waals surface area (Å²) in [5.74, 6) is -0.223. The number of hydrogen-bond acceptors (Lipinski definition) is 3. The van der Waals surface area contributed by atoms with Crippen LogP contribution >= 0.6 is 11.3 Å². The van der Waals surface area contributed by atoms with E-state index >= 15 is 0 Å². The highest BCUT2D eigenvalue weighted by molar-refractivity contribution is 7.14. The zero-order valence-electron chi connectivity index (χ0n) is 9.95. The van der Waals surface area contributed by atoms with E-state index in [4.69, 9.17) is 9.84 Å². The van der Waals surface area contributed by atoms with Crippen LogP contribution < -0.4 is 0 Å². The van der Waals surface area contributed by atoms with Gasteiger partial charge in [0, 0.05) is 11.5 Å². The molecule has 0 amide bonds. The standard InChI is InChI=1S/C12H18O3S/c1-8(2)4-5-15-7-10-6-11(12(13)14)16-9(10)3/h6,8H,4-5,7H2,1-3H3,(H,13,14). The van der Waals surface area contributed by atoms with Crippen LogP contribution in [0.25, 0.3) is 0 Å². The highest BCUT2D eigenvalue weighted by Gasteiger charge is 2.10. The van der Waals surface area contributed by atoms with Crippen molar-refractivity contribution in [2.45, 2.75) is 33.8 Å². The van der Waals surface area contributed by atoms with Crippen molar-refractivity contribution in [1.29, 1.82) is 0 Å². The van der Waals surface area contributed by atoms with E-state index in [9.17, 15) is 4.79 Å². The lowest BCUT2D eigenvalue weighted by atomic mass is 10.1. The molecule has 1 aromatic heterocycles. The van der Waals surface area contributed by atoms with Crippen molar-refractivity contribution >= 4 is 17.3 Å². The minimum Gasteiger partial charge on any atom is -0.477 e. The fourth-order valence-corrected chi connectivity index (χ4v) is 2.14. The molecule has 1 aromatic rings. The van der Waals surface area contributed by atoms with E-state index in [1.165, 1.54) is 11.3 Å². The van der Waals surface area contributed by atoms with Gasteiger partial charge in [-0.15, -0.1) is 11.3 Å². The summed E-state index contributed by atoms with van der Waals surface area (Å²) in [6.07, 6.45) is 1.04. The number of ether oxygens (including phenoxy) is 1. The van der Waals surface area contributed by atoms with Crippen LogP contribution in [0.1, 0.15) is 40.4 Å². The van der Waals surface area contributed by atoms with Crippen LogP contribution in [0.15, 0.2) is 6.07 Å². The van der Waals surface area contributed by atoms with Gasteiger partial charge in [-0.25, -0.2) is 4.79 Å².